The fourth-order valence-corrected chi connectivity index (χ4v) is 2.04. The van der Waals surface area contributed by atoms with Crippen LogP contribution < -0.4 is 0 Å². The molecule has 108 valence electrons. The van der Waals surface area contributed by atoms with Gasteiger partial charge in [-0.25, -0.2) is 13.8 Å². The Kier molecular flexibility index (Phi) is 4.58. The van der Waals surface area contributed by atoms with Gasteiger partial charge in [-0.3, -0.25) is 4.98 Å². The number of pyridine rings is 2. The van der Waals surface area contributed by atoms with Crippen molar-refractivity contribution in [1.82, 2.24) is 9.97 Å². The second kappa shape index (κ2) is 6.39. The summed E-state index contributed by atoms with van der Waals surface area (Å²) in [6, 6.07) is 8.91. The lowest BCUT2D eigenvalue weighted by molar-refractivity contribution is 0.626. The van der Waals surface area contributed by atoms with Gasteiger partial charge in [0.05, 0.1) is 16.9 Å². The average molecular weight is 286 g/mol. The molecule has 21 heavy (non-hydrogen) atoms. The summed E-state index contributed by atoms with van der Waals surface area (Å²) in [6.45, 7) is 5.87. The molecule has 0 N–H and O–H groups in total. The first-order valence-electron chi connectivity index (χ1n) is 6.82. The third-order valence-electron chi connectivity index (χ3n) is 2.93. The van der Waals surface area contributed by atoms with Crippen molar-refractivity contribution >= 4 is 10.9 Å². The Morgan fingerprint density at radius 2 is 1.62 bits per heavy atom. The van der Waals surface area contributed by atoms with Gasteiger partial charge in [0.15, 0.2) is 0 Å². The Labute approximate surface area is 122 Å². The van der Waals surface area contributed by atoms with Crippen molar-refractivity contribution in [1.29, 1.82) is 0 Å². The Bertz CT molecular complexity index is 770. The topological polar surface area (TPSA) is 25.8 Å². The summed E-state index contributed by atoms with van der Waals surface area (Å²) in [5.74, 6) is -0.715. The monoisotopic (exact) mass is 286 g/mol. The Morgan fingerprint density at radius 1 is 0.905 bits per heavy atom. The lowest BCUT2D eigenvalue weighted by Crippen LogP contribution is -1.93. The second-order valence-corrected chi connectivity index (χ2v) is 4.35. The highest BCUT2D eigenvalue weighted by atomic mass is 19.1. The quantitative estimate of drug-likeness (QED) is 0.635. The molecule has 0 saturated carbocycles. The summed E-state index contributed by atoms with van der Waals surface area (Å²) in [5.41, 5.74) is 2.42. The van der Waals surface area contributed by atoms with Gasteiger partial charge < -0.3 is 0 Å². The van der Waals surface area contributed by atoms with Gasteiger partial charge in [-0.2, -0.15) is 0 Å². The number of aromatic nitrogens is 2. The van der Waals surface area contributed by atoms with Crippen molar-refractivity contribution in [3.63, 3.8) is 0 Å². The third kappa shape index (κ3) is 3.21. The van der Waals surface area contributed by atoms with E-state index in [0.29, 0.717) is 16.9 Å². The molecule has 4 heteroatoms. The van der Waals surface area contributed by atoms with Crippen LogP contribution in [0.25, 0.3) is 22.3 Å². The van der Waals surface area contributed by atoms with Crippen LogP contribution in [0.2, 0.25) is 0 Å². The molecule has 0 fully saturated rings. The molecule has 3 rings (SSSR count). The van der Waals surface area contributed by atoms with Crippen LogP contribution in [0.4, 0.5) is 8.78 Å². The lowest BCUT2D eigenvalue weighted by Gasteiger charge is -2.07. The number of halogens is 2. The molecular weight excluding hydrogens is 270 g/mol. The summed E-state index contributed by atoms with van der Waals surface area (Å²) in [5, 5.41) is 0.846. The Balaban J connectivity index is 0.000000774. The number of fused-ring (bicyclic) bond motifs is 1. The normalized spacial score (nSPS) is 10.1. The molecule has 1 aromatic carbocycles. The number of nitrogens with zero attached hydrogens (tertiary/aromatic N) is 2. The summed E-state index contributed by atoms with van der Waals surface area (Å²) in [7, 11) is 0. The van der Waals surface area contributed by atoms with Gasteiger partial charge in [0.2, 0.25) is 0 Å². The summed E-state index contributed by atoms with van der Waals surface area (Å²) < 4.78 is 26.5. The second-order valence-electron chi connectivity index (χ2n) is 4.35. The van der Waals surface area contributed by atoms with Crippen LogP contribution in [0.5, 0.6) is 0 Å². The molecule has 0 aliphatic heterocycles. The molecule has 0 aliphatic rings. The van der Waals surface area contributed by atoms with Gasteiger partial charge >= 0.3 is 0 Å². The predicted molar refractivity (Wildman–Crippen MR) is 81.0 cm³/mol. The third-order valence-corrected chi connectivity index (χ3v) is 2.93. The minimum atomic E-state index is -0.370. The van der Waals surface area contributed by atoms with E-state index in [0.717, 1.165) is 10.9 Å². The highest BCUT2D eigenvalue weighted by Crippen LogP contribution is 2.24. The molecule has 0 atom stereocenters. The first-order valence-corrected chi connectivity index (χ1v) is 6.82. The van der Waals surface area contributed by atoms with Crippen LogP contribution in [-0.4, -0.2) is 9.97 Å². The van der Waals surface area contributed by atoms with Gasteiger partial charge in [0.1, 0.15) is 11.6 Å². The van der Waals surface area contributed by atoms with E-state index >= 15 is 0 Å². The fourth-order valence-electron chi connectivity index (χ4n) is 2.04. The van der Waals surface area contributed by atoms with E-state index in [2.05, 4.69) is 9.97 Å². The molecule has 0 unspecified atom stereocenters. The Morgan fingerprint density at radius 3 is 2.33 bits per heavy atom. The number of hydrogen-bond acceptors (Lipinski definition) is 2. The zero-order valence-corrected chi connectivity index (χ0v) is 12.2. The molecule has 2 heterocycles. The minimum absolute atomic E-state index is 0.345. The van der Waals surface area contributed by atoms with Crippen molar-refractivity contribution in [2.24, 2.45) is 0 Å². The van der Waals surface area contributed by atoms with Crippen LogP contribution in [-0.2, 0) is 0 Å². The van der Waals surface area contributed by atoms with Gasteiger partial charge in [-0.1, -0.05) is 13.8 Å². The van der Waals surface area contributed by atoms with Crippen molar-refractivity contribution in [3.8, 4) is 11.4 Å². The smallest absolute Gasteiger partial charge is 0.126 e. The zero-order chi connectivity index (χ0) is 15.4. The highest BCUT2D eigenvalue weighted by Gasteiger charge is 2.08. The Hall–Kier alpha value is -2.36. The van der Waals surface area contributed by atoms with Gasteiger partial charge in [0.25, 0.3) is 0 Å². The largest absolute Gasteiger partial charge is 0.254 e. The molecule has 2 nitrogen and oxygen atoms in total. The van der Waals surface area contributed by atoms with E-state index in [9.17, 15) is 8.78 Å². The predicted octanol–water partition coefficient (Wildman–Crippen LogP) is 4.91. The SMILES string of the molecule is CC.Cc1cc2ccc(F)cc2nc1-c1cc(F)ccn1. The zero-order valence-electron chi connectivity index (χ0n) is 12.2. The van der Waals surface area contributed by atoms with E-state index in [1.54, 1.807) is 6.07 Å². The van der Waals surface area contributed by atoms with E-state index < -0.39 is 0 Å². The summed E-state index contributed by atoms with van der Waals surface area (Å²) in [4.78, 5) is 8.48. The van der Waals surface area contributed by atoms with Crippen LogP contribution in [0.3, 0.4) is 0 Å². The van der Waals surface area contributed by atoms with Crippen molar-refractivity contribution in [3.05, 3.63) is 59.8 Å². The lowest BCUT2D eigenvalue weighted by atomic mass is 10.1. The summed E-state index contributed by atoms with van der Waals surface area (Å²) >= 11 is 0. The van der Waals surface area contributed by atoms with Crippen LogP contribution in [0.1, 0.15) is 19.4 Å². The molecule has 0 bridgehead atoms. The maximum absolute atomic E-state index is 13.2. The van der Waals surface area contributed by atoms with Crippen LogP contribution in [0, 0.1) is 18.6 Å². The van der Waals surface area contributed by atoms with E-state index in [1.807, 2.05) is 26.8 Å². The molecule has 0 saturated heterocycles. The van der Waals surface area contributed by atoms with Gasteiger partial charge in [-0.15, -0.1) is 0 Å². The average Bonchev–Trinajstić information content (AvgIpc) is 2.49. The standard InChI is InChI=1S/C15H10F2N2.C2H6/c1-9-6-10-2-3-11(16)7-13(10)19-15(9)14-8-12(17)4-5-18-14;1-2/h2-8H,1H3;1-2H3. The first-order chi connectivity index (χ1) is 10.1. The molecule has 0 spiro atoms. The van der Waals surface area contributed by atoms with Crippen LogP contribution in [0.15, 0.2) is 42.6 Å². The minimum Gasteiger partial charge on any atom is -0.254 e. The van der Waals surface area contributed by atoms with Gasteiger partial charge in [0, 0.05) is 23.7 Å². The maximum atomic E-state index is 13.2. The molecule has 0 amide bonds. The molecule has 0 radical (unpaired) electrons. The fraction of sp³-hybridized carbons (Fsp3) is 0.176. The molecule has 0 aliphatic carbocycles. The summed E-state index contributed by atoms with van der Waals surface area (Å²) in [6.07, 6.45) is 1.39. The number of rotatable bonds is 1. The highest BCUT2D eigenvalue weighted by molar-refractivity contribution is 5.82. The van der Waals surface area contributed by atoms with E-state index in [4.69, 9.17) is 0 Å². The van der Waals surface area contributed by atoms with Gasteiger partial charge in [-0.05, 0) is 36.8 Å². The van der Waals surface area contributed by atoms with E-state index in [1.165, 1.54) is 30.5 Å². The molecule has 3 aromatic rings. The number of hydrogen-bond donors (Lipinski definition) is 0. The maximum Gasteiger partial charge on any atom is 0.126 e. The van der Waals surface area contributed by atoms with Crippen molar-refractivity contribution in [2.75, 3.05) is 0 Å². The first kappa shape index (κ1) is 15.0. The number of aryl methyl sites for hydroxylation is 1. The van der Waals surface area contributed by atoms with Crippen molar-refractivity contribution < 1.29 is 8.78 Å². The van der Waals surface area contributed by atoms with E-state index in [-0.39, 0.29) is 11.6 Å². The van der Waals surface area contributed by atoms with Crippen molar-refractivity contribution in [2.45, 2.75) is 20.8 Å². The molecule has 2 aromatic heterocycles. The number of benzene rings is 1. The van der Waals surface area contributed by atoms with Crippen LogP contribution >= 0.6 is 0 Å². The molecular formula is C17H16F2N2.